The van der Waals surface area contributed by atoms with Crippen molar-refractivity contribution in [1.82, 2.24) is 10.2 Å². The Morgan fingerprint density at radius 3 is 2.27 bits per heavy atom. The van der Waals surface area contributed by atoms with Gasteiger partial charge in [-0.3, -0.25) is 4.90 Å². The Balaban J connectivity index is 2.37. The predicted octanol–water partition coefficient (Wildman–Crippen LogP) is 3.46. The Morgan fingerprint density at radius 1 is 1.14 bits per heavy atom. The van der Waals surface area contributed by atoms with Crippen LogP contribution in [0.5, 0.6) is 11.5 Å². The Labute approximate surface area is 142 Å². The number of methoxy groups -OCH3 is 2. The number of nitrogens with one attached hydrogen (secondary N) is 1. The largest absolute Gasteiger partial charge is 0.493 e. The molecule has 22 heavy (non-hydrogen) atoms. The van der Waals surface area contributed by atoms with Crippen LogP contribution in [0.3, 0.4) is 0 Å². The van der Waals surface area contributed by atoms with Crippen molar-refractivity contribution < 1.29 is 9.47 Å². The number of hydrogen-bond donors (Lipinski definition) is 1. The van der Waals surface area contributed by atoms with Gasteiger partial charge in [-0.1, -0.05) is 29.8 Å². The molecule has 1 aromatic rings. The number of nitrogens with zero attached hydrogens (tertiary/aromatic N) is 1. The first-order chi connectivity index (χ1) is 10.6. The van der Waals surface area contributed by atoms with Crippen LogP contribution >= 0.6 is 15.9 Å². The zero-order valence-electron chi connectivity index (χ0n) is 14.0. The van der Waals surface area contributed by atoms with E-state index in [9.17, 15) is 0 Å². The van der Waals surface area contributed by atoms with Crippen LogP contribution in [0.2, 0.25) is 0 Å². The molecule has 4 nitrogen and oxygen atoms in total. The van der Waals surface area contributed by atoms with E-state index in [0.717, 1.165) is 48.6 Å². The Hall–Kier alpha value is -0.780. The number of ether oxygens (including phenoxy) is 2. The van der Waals surface area contributed by atoms with Crippen LogP contribution in [0.25, 0.3) is 0 Å². The van der Waals surface area contributed by atoms with E-state index in [0.29, 0.717) is 12.0 Å². The van der Waals surface area contributed by atoms with Gasteiger partial charge in [0.05, 0.1) is 14.2 Å². The molecule has 0 unspecified atom stereocenters. The average Bonchev–Trinajstić information content (AvgIpc) is 2.53. The molecule has 1 saturated heterocycles. The maximum absolute atomic E-state index is 5.50. The van der Waals surface area contributed by atoms with Crippen LogP contribution in [0.15, 0.2) is 16.6 Å². The zero-order valence-corrected chi connectivity index (χ0v) is 15.6. The van der Waals surface area contributed by atoms with Crippen molar-refractivity contribution in [3.8, 4) is 11.5 Å². The lowest BCUT2D eigenvalue weighted by atomic mass is 9.94. The average molecular weight is 371 g/mol. The second kappa shape index (κ2) is 8.18. The first kappa shape index (κ1) is 17.6. The predicted molar refractivity (Wildman–Crippen MR) is 93.9 cm³/mol. The number of hydrogen-bond acceptors (Lipinski definition) is 4. The van der Waals surface area contributed by atoms with E-state index in [4.69, 9.17) is 9.47 Å². The molecule has 0 bridgehead atoms. The van der Waals surface area contributed by atoms with E-state index in [2.05, 4.69) is 46.1 Å². The van der Waals surface area contributed by atoms with Crippen molar-refractivity contribution in [3.05, 3.63) is 22.2 Å². The zero-order chi connectivity index (χ0) is 16.1. The van der Waals surface area contributed by atoms with Gasteiger partial charge in [0.15, 0.2) is 11.5 Å². The fraction of sp³-hybridized carbons (Fsp3) is 0.647. The molecule has 5 heteroatoms. The molecule has 1 fully saturated rings. The fourth-order valence-corrected chi connectivity index (χ4v) is 3.62. The molecular formula is C17H27BrN2O2. The summed E-state index contributed by atoms with van der Waals surface area (Å²) in [4.78, 5) is 2.57. The van der Waals surface area contributed by atoms with E-state index >= 15 is 0 Å². The third kappa shape index (κ3) is 4.15. The molecule has 1 N–H and O–H groups in total. The van der Waals surface area contributed by atoms with Crippen LogP contribution in [0.1, 0.15) is 31.9 Å². The van der Waals surface area contributed by atoms with Crippen molar-refractivity contribution in [2.24, 2.45) is 5.92 Å². The van der Waals surface area contributed by atoms with Gasteiger partial charge in [-0.25, -0.2) is 0 Å². The van der Waals surface area contributed by atoms with Crippen molar-refractivity contribution in [1.29, 1.82) is 0 Å². The lowest BCUT2D eigenvalue weighted by Gasteiger charge is -2.36. The quantitative estimate of drug-likeness (QED) is 0.831. The van der Waals surface area contributed by atoms with Gasteiger partial charge < -0.3 is 14.8 Å². The van der Waals surface area contributed by atoms with E-state index in [1.54, 1.807) is 14.2 Å². The highest BCUT2D eigenvalue weighted by atomic mass is 79.9. The number of halogens is 1. The van der Waals surface area contributed by atoms with Gasteiger partial charge in [0.2, 0.25) is 0 Å². The van der Waals surface area contributed by atoms with Crippen LogP contribution in [0.4, 0.5) is 0 Å². The summed E-state index contributed by atoms with van der Waals surface area (Å²) >= 11 is 3.73. The highest BCUT2D eigenvalue weighted by Gasteiger charge is 2.26. The van der Waals surface area contributed by atoms with Gasteiger partial charge in [0, 0.05) is 36.7 Å². The van der Waals surface area contributed by atoms with E-state index < -0.39 is 0 Å². The highest BCUT2D eigenvalue weighted by molar-refractivity contribution is 9.10. The molecule has 1 aliphatic rings. The Bertz CT molecular complexity index is 488. The van der Waals surface area contributed by atoms with Gasteiger partial charge in [-0.2, -0.15) is 0 Å². The lowest BCUT2D eigenvalue weighted by Crippen LogP contribution is -2.45. The van der Waals surface area contributed by atoms with Crippen LogP contribution in [-0.2, 0) is 0 Å². The summed E-state index contributed by atoms with van der Waals surface area (Å²) in [5.41, 5.74) is 1.29. The second-order valence-electron chi connectivity index (χ2n) is 6.16. The summed E-state index contributed by atoms with van der Waals surface area (Å²) in [5.74, 6) is 2.20. The molecular weight excluding hydrogens is 344 g/mol. The minimum atomic E-state index is 0.399. The first-order valence-corrected chi connectivity index (χ1v) is 8.72. The number of rotatable bonds is 6. The molecule has 0 radical (unpaired) electrons. The minimum absolute atomic E-state index is 0.399. The van der Waals surface area contributed by atoms with Crippen molar-refractivity contribution in [2.45, 2.75) is 26.3 Å². The van der Waals surface area contributed by atoms with Crippen LogP contribution in [0, 0.1) is 5.92 Å². The molecule has 0 amide bonds. The van der Waals surface area contributed by atoms with Crippen molar-refractivity contribution >= 4 is 15.9 Å². The molecule has 1 aromatic carbocycles. The summed E-state index contributed by atoms with van der Waals surface area (Å²) in [6.07, 6.45) is 1.13. The monoisotopic (exact) mass is 370 g/mol. The highest BCUT2D eigenvalue weighted by Crippen LogP contribution is 2.40. The standard InChI is InChI=1S/C17H27BrN2O2/c1-12(2)9-15(20-7-5-19-6-8-20)13-10-16(21-3)17(22-4)11-14(13)18/h10-12,15,19H,5-9H2,1-4H3/t15-/m1/s1. The molecule has 1 aliphatic heterocycles. The molecule has 1 heterocycles. The van der Waals surface area contributed by atoms with E-state index in [1.165, 1.54) is 5.56 Å². The summed E-state index contributed by atoms with van der Waals surface area (Å²) < 4.78 is 12.0. The number of benzene rings is 1. The van der Waals surface area contributed by atoms with Crippen LogP contribution < -0.4 is 14.8 Å². The van der Waals surface area contributed by atoms with Gasteiger partial charge >= 0.3 is 0 Å². The maximum Gasteiger partial charge on any atom is 0.161 e. The SMILES string of the molecule is COc1cc(Br)c([C@@H](CC(C)C)N2CCNCC2)cc1OC. The summed E-state index contributed by atoms with van der Waals surface area (Å²) in [5, 5.41) is 3.43. The Morgan fingerprint density at radius 2 is 1.73 bits per heavy atom. The smallest absolute Gasteiger partial charge is 0.161 e. The van der Waals surface area contributed by atoms with Crippen LogP contribution in [-0.4, -0.2) is 45.3 Å². The molecule has 0 saturated carbocycles. The van der Waals surface area contributed by atoms with E-state index in [1.807, 2.05) is 6.07 Å². The molecule has 2 rings (SSSR count). The third-order valence-corrected chi connectivity index (χ3v) is 4.84. The second-order valence-corrected chi connectivity index (χ2v) is 7.01. The topological polar surface area (TPSA) is 33.7 Å². The molecule has 0 aromatic heterocycles. The maximum atomic E-state index is 5.50. The van der Waals surface area contributed by atoms with Gasteiger partial charge in [0.25, 0.3) is 0 Å². The third-order valence-electron chi connectivity index (χ3n) is 4.15. The first-order valence-electron chi connectivity index (χ1n) is 7.93. The number of piperazine rings is 1. The van der Waals surface area contributed by atoms with E-state index in [-0.39, 0.29) is 0 Å². The normalized spacial score (nSPS) is 17.5. The van der Waals surface area contributed by atoms with Crippen molar-refractivity contribution in [2.75, 3.05) is 40.4 Å². The van der Waals surface area contributed by atoms with Crippen molar-refractivity contribution in [3.63, 3.8) is 0 Å². The van der Waals surface area contributed by atoms with Gasteiger partial charge in [-0.15, -0.1) is 0 Å². The summed E-state index contributed by atoms with van der Waals surface area (Å²) in [6.45, 7) is 8.84. The summed E-state index contributed by atoms with van der Waals surface area (Å²) in [6, 6.07) is 4.54. The lowest BCUT2D eigenvalue weighted by molar-refractivity contribution is 0.153. The van der Waals surface area contributed by atoms with Gasteiger partial charge in [-0.05, 0) is 30.0 Å². The Kier molecular flexibility index (Phi) is 6.53. The molecule has 124 valence electrons. The molecule has 1 atom stereocenters. The molecule has 0 aliphatic carbocycles. The van der Waals surface area contributed by atoms with Gasteiger partial charge in [0.1, 0.15) is 0 Å². The minimum Gasteiger partial charge on any atom is -0.493 e. The summed E-state index contributed by atoms with van der Waals surface area (Å²) in [7, 11) is 3.36. The molecule has 0 spiro atoms. The fourth-order valence-electron chi connectivity index (χ4n) is 3.04.